The molecule has 7 heteroatoms. The van der Waals surface area contributed by atoms with E-state index in [2.05, 4.69) is 0 Å². The highest BCUT2D eigenvalue weighted by atomic mass is 19.4. The van der Waals surface area contributed by atoms with Crippen molar-refractivity contribution in [3.63, 3.8) is 0 Å². The molecule has 2 aromatic rings. The van der Waals surface area contributed by atoms with Gasteiger partial charge in [0.2, 0.25) is 5.91 Å². The van der Waals surface area contributed by atoms with Gasteiger partial charge in [-0.2, -0.15) is 13.2 Å². The van der Waals surface area contributed by atoms with Gasteiger partial charge in [-0.25, -0.2) is 4.79 Å². The number of hydrogen-bond acceptors (Lipinski definition) is 3. The van der Waals surface area contributed by atoms with Crippen LogP contribution in [-0.2, 0) is 27.0 Å². The molecule has 1 atom stereocenters. The lowest BCUT2D eigenvalue weighted by Crippen LogP contribution is -2.38. The number of amides is 1. The molecule has 0 fully saturated rings. The first-order valence-electron chi connectivity index (χ1n) is 10.5. The normalized spacial score (nSPS) is 17.2. The minimum atomic E-state index is -4.61. The second-order valence-electron chi connectivity index (χ2n) is 8.30. The summed E-state index contributed by atoms with van der Waals surface area (Å²) in [5.74, 6) is -2.00. The highest BCUT2D eigenvalue weighted by molar-refractivity contribution is 5.96. The SMILES string of the molecule is CC1=C(C(=O)OCC(C)C)C(c2ccccc2C(F)(F)F)CC(=O)N1Cc1ccccc1. The molecule has 1 aliphatic heterocycles. The van der Waals surface area contributed by atoms with Gasteiger partial charge in [0.25, 0.3) is 0 Å². The largest absolute Gasteiger partial charge is 0.462 e. The van der Waals surface area contributed by atoms with Crippen LogP contribution >= 0.6 is 0 Å². The Morgan fingerprint density at radius 2 is 1.72 bits per heavy atom. The number of ether oxygens (including phenoxy) is 1. The number of halogens is 3. The Labute approximate surface area is 185 Å². The van der Waals surface area contributed by atoms with Gasteiger partial charge < -0.3 is 9.64 Å². The van der Waals surface area contributed by atoms with Crippen molar-refractivity contribution in [1.82, 2.24) is 4.90 Å². The van der Waals surface area contributed by atoms with Crippen LogP contribution in [-0.4, -0.2) is 23.4 Å². The summed E-state index contributed by atoms with van der Waals surface area (Å²) in [5, 5.41) is 0. The van der Waals surface area contributed by atoms with E-state index < -0.39 is 23.6 Å². The molecule has 170 valence electrons. The van der Waals surface area contributed by atoms with E-state index in [9.17, 15) is 22.8 Å². The Morgan fingerprint density at radius 1 is 1.09 bits per heavy atom. The second-order valence-corrected chi connectivity index (χ2v) is 8.30. The third-order valence-electron chi connectivity index (χ3n) is 5.42. The number of carbonyl (C=O) groups excluding carboxylic acids is 2. The van der Waals surface area contributed by atoms with Gasteiger partial charge in [-0.05, 0) is 30.0 Å². The Kier molecular flexibility index (Phi) is 7.06. The molecule has 1 heterocycles. The number of esters is 1. The Balaban J connectivity index is 2.09. The van der Waals surface area contributed by atoms with Crippen LogP contribution in [0.1, 0.15) is 49.8 Å². The van der Waals surface area contributed by atoms with Gasteiger partial charge in [0, 0.05) is 18.0 Å². The first-order chi connectivity index (χ1) is 15.1. The average molecular weight is 445 g/mol. The smallest absolute Gasteiger partial charge is 0.416 e. The first-order valence-corrected chi connectivity index (χ1v) is 10.5. The monoisotopic (exact) mass is 445 g/mol. The summed E-state index contributed by atoms with van der Waals surface area (Å²) in [6.45, 7) is 5.69. The Bertz CT molecular complexity index is 1010. The first kappa shape index (κ1) is 23.6. The predicted octanol–water partition coefficient (Wildman–Crippen LogP) is 5.69. The van der Waals surface area contributed by atoms with Crippen molar-refractivity contribution in [3.8, 4) is 0 Å². The van der Waals surface area contributed by atoms with Crippen molar-refractivity contribution in [3.05, 3.63) is 82.6 Å². The molecule has 0 N–H and O–H groups in total. The zero-order chi connectivity index (χ0) is 23.5. The van der Waals surface area contributed by atoms with E-state index in [1.165, 1.54) is 23.1 Å². The fraction of sp³-hybridized carbons (Fsp3) is 0.360. The lowest BCUT2D eigenvalue weighted by Gasteiger charge is -2.35. The fourth-order valence-corrected chi connectivity index (χ4v) is 3.88. The molecule has 1 aliphatic rings. The summed E-state index contributed by atoms with van der Waals surface area (Å²) in [6, 6.07) is 14.3. The van der Waals surface area contributed by atoms with Gasteiger partial charge in [-0.15, -0.1) is 0 Å². The molecule has 0 bridgehead atoms. The quantitative estimate of drug-likeness (QED) is 0.537. The molecule has 2 aromatic carbocycles. The van der Waals surface area contributed by atoms with Gasteiger partial charge in [0.05, 0.1) is 24.3 Å². The molecular weight excluding hydrogens is 419 g/mol. The van der Waals surface area contributed by atoms with Crippen molar-refractivity contribution in [2.75, 3.05) is 6.61 Å². The maximum atomic E-state index is 13.7. The molecule has 0 saturated carbocycles. The van der Waals surface area contributed by atoms with Crippen LogP contribution in [0.25, 0.3) is 0 Å². The lowest BCUT2D eigenvalue weighted by molar-refractivity contribution is -0.143. The van der Waals surface area contributed by atoms with E-state index in [1.54, 1.807) is 6.92 Å². The van der Waals surface area contributed by atoms with Gasteiger partial charge >= 0.3 is 12.1 Å². The number of carbonyl (C=O) groups is 2. The van der Waals surface area contributed by atoms with E-state index in [4.69, 9.17) is 4.74 Å². The van der Waals surface area contributed by atoms with Crippen molar-refractivity contribution in [2.24, 2.45) is 5.92 Å². The summed E-state index contributed by atoms with van der Waals surface area (Å²) in [5.41, 5.74) is 0.322. The van der Waals surface area contributed by atoms with Gasteiger partial charge in [0.1, 0.15) is 0 Å². The maximum absolute atomic E-state index is 13.7. The van der Waals surface area contributed by atoms with E-state index >= 15 is 0 Å². The number of hydrogen-bond donors (Lipinski definition) is 0. The van der Waals surface area contributed by atoms with Crippen molar-refractivity contribution < 1.29 is 27.5 Å². The van der Waals surface area contributed by atoms with Gasteiger partial charge in [0.15, 0.2) is 0 Å². The highest BCUT2D eigenvalue weighted by Gasteiger charge is 2.42. The van der Waals surface area contributed by atoms with Crippen LogP contribution in [0.15, 0.2) is 65.9 Å². The number of allylic oxidation sites excluding steroid dienone is 1. The van der Waals surface area contributed by atoms with Gasteiger partial charge in [-0.1, -0.05) is 62.4 Å². The zero-order valence-electron chi connectivity index (χ0n) is 18.3. The third-order valence-corrected chi connectivity index (χ3v) is 5.42. The van der Waals surface area contributed by atoms with Crippen LogP contribution in [0.4, 0.5) is 13.2 Å². The van der Waals surface area contributed by atoms with Crippen LogP contribution in [0.2, 0.25) is 0 Å². The highest BCUT2D eigenvalue weighted by Crippen LogP contribution is 2.43. The van der Waals surface area contributed by atoms with E-state index in [1.807, 2.05) is 44.2 Å². The van der Waals surface area contributed by atoms with E-state index in [0.717, 1.165) is 11.6 Å². The van der Waals surface area contributed by atoms with Crippen LogP contribution in [0.5, 0.6) is 0 Å². The maximum Gasteiger partial charge on any atom is 0.416 e. The summed E-state index contributed by atoms with van der Waals surface area (Å²) < 4.78 is 46.6. The number of alkyl halides is 3. The molecule has 0 radical (unpaired) electrons. The molecule has 0 spiro atoms. The molecule has 32 heavy (non-hydrogen) atoms. The Morgan fingerprint density at radius 3 is 2.34 bits per heavy atom. The number of rotatable bonds is 6. The van der Waals surface area contributed by atoms with E-state index in [0.29, 0.717) is 5.70 Å². The molecule has 0 aromatic heterocycles. The lowest BCUT2D eigenvalue weighted by atomic mass is 9.81. The number of benzene rings is 2. The molecular formula is C25H26F3NO3. The van der Waals surface area contributed by atoms with Crippen LogP contribution in [0.3, 0.4) is 0 Å². The predicted molar refractivity (Wildman–Crippen MR) is 114 cm³/mol. The molecule has 1 amide bonds. The molecule has 1 unspecified atom stereocenters. The van der Waals surface area contributed by atoms with Crippen LogP contribution in [0, 0.1) is 5.92 Å². The molecule has 0 aliphatic carbocycles. The van der Waals surface area contributed by atoms with Crippen molar-refractivity contribution in [2.45, 2.75) is 45.8 Å². The summed E-state index contributed by atoms with van der Waals surface area (Å²) in [4.78, 5) is 27.6. The molecule has 3 rings (SSSR count). The minimum Gasteiger partial charge on any atom is -0.462 e. The topological polar surface area (TPSA) is 46.6 Å². The Hall–Kier alpha value is -3.09. The third kappa shape index (κ3) is 5.21. The average Bonchev–Trinajstić information content (AvgIpc) is 2.74. The van der Waals surface area contributed by atoms with Crippen LogP contribution < -0.4 is 0 Å². The summed E-state index contributed by atoms with van der Waals surface area (Å²) >= 11 is 0. The summed E-state index contributed by atoms with van der Waals surface area (Å²) in [7, 11) is 0. The van der Waals surface area contributed by atoms with Gasteiger partial charge in [-0.3, -0.25) is 4.79 Å². The zero-order valence-corrected chi connectivity index (χ0v) is 18.3. The number of nitrogens with zero attached hydrogens (tertiary/aromatic N) is 1. The molecule has 4 nitrogen and oxygen atoms in total. The summed E-state index contributed by atoms with van der Waals surface area (Å²) in [6.07, 6.45) is -4.86. The standard InChI is InChI=1S/C25H26F3NO3/c1-16(2)15-32-24(31)23-17(3)29(14-18-9-5-4-6-10-18)22(30)13-20(23)19-11-7-8-12-21(19)25(26,27)28/h4-12,16,20H,13-15H2,1-3H3. The second kappa shape index (κ2) is 9.59. The van der Waals surface area contributed by atoms with E-state index in [-0.39, 0.29) is 42.5 Å². The van der Waals surface area contributed by atoms with Crippen molar-refractivity contribution in [1.29, 1.82) is 0 Å². The molecule has 0 saturated heterocycles. The fourth-order valence-electron chi connectivity index (χ4n) is 3.88. The minimum absolute atomic E-state index is 0.0615. The van der Waals surface area contributed by atoms with Crippen molar-refractivity contribution >= 4 is 11.9 Å².